The fourth-order valence-electron chi connectivity index (χ4n) is 7.45. The van der Waals surface area contributed by atoms with Crippen LogP contribution in [0.2, 0.25) is 0 Å². The number of rotatable bonds is 2. The Bertz CT molecular complexity index is 529. The van der Waals surface area contributed by atoms with E-state index in [0.29, 0.717) is 17.8 Å². The summed E-state index contributed by atoms with van der Waals surface area (Å²) in [7, 11) is 0. The Kier molecular flexibility index (Phi) is 3.54. The first kappa shape index (κ1) is 16.1. The highest BCUT2D eigenvalue weighted by molar-refractivity contribution is 5.30. The van der Waals surface area contributed by atoms with E-state index in [4.69, 9.17) is 0 Å². The van der Waals surface area contributed by atoms with Crippen molar-refractivity contribution in [2.24, 2.45) is 34.0 Å². The topological polar surface area (TPSA) is 60.7 Å². The van der Waals surface area contributed by atoms with E-state index in [1.807, 2.05) is 0 Å². The standard InChI is InChI=1S/C20H32O3/c1-18(12-22)6-3-7-19(2)15-5-4-13-9-20(15,10-14(13)11-21)17(23)8-16(18)19/h10,13,15-17,21-23H,3-9,11-12H2,1-2H3. The molecule has 4 aliphatic rings. The predicted octanol–water partition coefficient (Wildman–Crippen LogP) is 2.89. The van der Waals surface area contributed by atoms with Crippen LogP contribution in [-0.4, -0.2) is 34.6 Å². The Morgan fingerprint density at radius 2 is 1.91 bits per heavy atom. The normalized spacial score (nSPS) is 55.1. The highest BCUT2D eigenvalue weighted by Crippen LogP contribution is 2.70. The van der Waals surface area contributed by atoms with Crippen molar-refractivity contribution < 1.29 is 15.3 Å². The number of aliphatic hydroxyl groups excluding tert-OH is 3. The number of hydrogen-bond donors (Lipinski definition) is 3. The third kappa shape index (κ3) is 1.93. The van der Waals surface area contributed by atoms with Gasteiger partial charge in [-0.15, -0.1) is 0 Å². The van der Waals surface area contributed by atoms with Crippen LogP contribution in [0.3, 0.4) is 0 Å². The smallest absolute Gasteiger partial charge is 0.0644 e. The average Bonchev–Trinajstić information content (AvgIpc) is 2.82. The molecule has 4 aliphatic carbocycles. The van der Waals surface area contributed by atoms with Gasteiger partial charge in [-0.05, 0) is 72.7 Å². The van der Waals surface area contributed by atoms with Gasteiger partial charge in [-0.2, -0.15) is 0 Å². The van der Waals surface area contributed by atoms with Crippen molar-refractivity contribution in [2.75, 3.05) is 13.2 Å². The summed E-state index contributed by atoms with van der Waals surface area (Å²) in [4.78, 5) is 0. The molecule has 23 heavy (non-hydrogen) atoms. The van der Waals surface area contributed by atoms with E-state index in [1.165, 1.54) is 18.4 Å². The zero-order valence-electron chi connectivity index (χ0n) is 14.6. The Labute approximate surface area is 139 Å². The lowest BCUT2D eigenvalue weighted by atomic mass is 9.40. The first-order valence-electron chi connectivity index (χ1n) is 9.51. The van der Waals surface area contributed by atoms with Crippen LogP contribution in [0.5, 0.6) is 0 Å². The van der Waals surface area contributed by atoms with E-state index >= 15 is 0 Å². The quantitative estimate of drug-likeness (QED) is 0.686. The Hall–Kier alpha value is -0.380. The van der Waals surface area contributed by atoms with Crippen molar-refractivity contribution in [2.45, 2.75) is 64.9 Å². The summed E-state index contributed by atoms with van der Waals surface area (Å²) in [5.74, 6) is 1.39. The molecule has 0 aliphatic heterocycles. The van der Waals surface area contributed by atoms with Crippen LogP contribution in [0.1, 0.15) is 58.8 Å². The van der Waals surface area contributed by atoms with Crippen molar-refractivity contribution in [1.29, 1.82) is 0 Å². The molecule has 3 nitrogen and oxygen atoms in total. The SMILES string of the molecule is CC1(CO)CCCC2(C)C1CC(O)C13C=C(CO)C(CCC21)C3. The first-order valence-corrected chi connectivity index (χ1v) is 9.51. The van der Waals surface area contributed by atoms with Gasteiger partial charge in [-0.3, -0.25) is 0 Å². The Balaban J connectivity index is 1.78. The van der Waals surface area contributed by atoms with E-state index in [2.05, 4.69) is 19.9 Å². The van der Waals surface area contributed by atoms with E-state index in [-0.39, 0.29) is 35.6 Å². The molecule has 0 aromatic heterocycles. The summed E-state index contributed by atoms with van der Waals surface area (Å²) in [6.45, 7) is 5.06. The van der Waals surface area contributed by atoms with Gasteiger partial charge in [0.25, 0.3) is 0 Å². The summed E-state index contributed by atoms with van der Waals surface area (Å²) in [6.07, 6.45) is 9.62. The van der Waals surface area contributed by atoms with Crippen LogP contribution in [0.15, 0.2) is 11.6 Å². The molecule has 0 amide bonds. The van der Waals surface area contributed by atoms with Crippen molar-refractivity contribution in [1.82, 2.24) is 0 Å². The van der Waals surface area contributed by atoms with Gasteiger partial charge in [0.15, 0.2) is 0 Å². The van der Waals surface area contributed by atoms with Gasteiger partial charge in [0, 0.05) is 12.0 Å². The second-order valence-electron chi connectivity index (χ2n) is 9.50. The van der Waals surface area contributed by atoms with Gasteiger partial charge >= 0.3 is 0 Å². The maximum Gasteiger partial charge on any atom is 0.0644 e. The second-order valence-corrected chi connectivity index (χ2v) is 9.50. The molecule has 0 saturated heterocycles. The monoisotopic (exact) mass is 320 g/mol. The van der Waals surface area contributed by atoms with Crippen molar-refractivity contribution in [3.05, 3.63) is 11.6 Å². The van der Waals surface area contributed by atoms with Crippen molar-refractivity contribution in [3.63, 3.8) is 0 Å². The molecule has 3 N–H and O–H groups in total. The molecule has 3 saturated carbocycles. The molecule has 0 aromatic rings. The summed E-state index contributed by atoms with van der Waals surface area (Å²) >= 11 is 0. The molecule has 7 unspecified atom stereocenters. The molecule has 0 heterocycles. The van der Waals surface area contributed by atoms with E-state index in [1.54, 1.807) is 0 Å². The summed E-state index contributed by atoms with van der Waals surface area (Å²) in [5.41, 5.74) is 1.23. The molecule has 0 aromatic carbocycles. The van der Waals surface area contributed by atoms with Crippen LogP contribution < -0.4 is 0 Å². The lowest BCUT2D eigenvalue weighted by molar-refractivity contribution is -0.193. The van der Waals surface area contributed by atoms with Gasteiger partial charge in [0.05, 0.1) is 12.7 Å². The molecule has 7 atom stereocenters. The predicted molar refractivity (Wildman–Crippen MR) is 89.7 cm³/mol. The number of hydrogen-bond acceptors (Lipinski definition) is 3. The number of aliphatic hydroxyl groups is 3. The van der Waals surface area contributed by atoms with Gasteiger partial charge < -0.3 is 15.3 Å². The van der Waals surface area contributed by atoms with Crippen LogP contribution >= 0.6 is 0 Å². The fourth-order valence-corrected chi connectivity index (χ4v) is 7.45. The molecule has 2 bridgehead atoms. The lowest BCUT2D eigenvalue weighted by Gasteiger charge is -2.65. The van der Waals surface area contributed by atoms with Gasteiger partial charge in [-0.25, -0.2) is 0 Å². The average molecular weight is 320 g/mol. The van der Waals surface area contributed by atoms with Crippen LogP contribution in [0.25, 0.3) is 0 Å². The molecular weight excluding hydrogens is 288 g/mol. The van der Waals surface area contributed by atoms with Crippen molar-refractivity contribution in [3.8, 4) is 0 Å². The van der Waals surface area contributed by atoms with Crippen molar-refractivity contribution >= 4 is 0 Å². The second kappa shape index (κ2) is 5.06. The third-order valence-corrected chi connectivity index (χ3v) is 8.55. The van der Waals surface area contributed by atoms with Gasteiger partial charge in [0.1, 0.15) is 0 Å². The van der Waals surface area contributed by atoms with Crippen LogP contribution in [-0.2, 0) is 0 Å². The molecule has 4 rings (SSSR count). The highest BCUT2D eigenvalue weighted by atomic mass is 16.3. The number of fused-ring (bicyclic) bond motifs is 3. The minimum atomic E-state index is -0.318. The van der Waals surface area contributed by atoms with Crippen LogP contribution in [0, 0.1) is 34.0 Å². The molecule has 3 fully saturated rings. The van der Waals surface area contributed by atoms with Crippen LogP contribution in [0.4, 0.5) is 0 Å². The highest BCUT2D eigenvalue weighted by Gasteiger charge is 2.65. The maximum absolute atomic E-state index is 11.2. The molecule has 0 radical (unpaired) electrons. The first-order chi connectivity index (χ1) is 10.9. The van der Waals surface area contributed by atoms with Gasteiger partial charge in [-0.1, -0.05) is 26.3 Å². The Morgan fingerprint density at radius 3 is 2.61 bits per heavy atom. The fraction of sp³-hybridized carbons (Fsp3) is 0.900. The van der Waals surface area contributed by atoms with Gasteiger partial charge in [0.2, 0.25) is 0 Å². The summed E-state index contributed by atoms with van der Waals surface area (Å²) in [6, 6.07) is 0. The van der Waals surface area contributed by atoms with E-state index in [0.717, 1.165) is 32.1 Å². The molecular formula is C20H32O3. The van der Waals surface area contributed by atoms with E-state index < -0.39 is 0 Å². The molecule has 3 heteroatoms. The third-order valence-electron chi connectivity index (χ3n) is 8.55. The lowest BCUT2D eigenvalue weighted by Crippen LogP contribution is -2.61. The largest absolute Gasteiger partial charge is 0.396 e. The molecule has 130 valence electrons. The Morgan fingerprint density at radius 1 is 1.13 bits per heavy atom. The zero-order valence-corrected chi connectivity index (χ0v) is 14.6. The van der Waals surface area contributed by atoms with E-state index in [9.17, 15) is 15.3 Å². The summed E-state index contributed by atoms with van der Waals surface area (Å²) < 4.78 is 0. The maximum atomic E-state index is 11.2. The minimum absolute atomic E-state index is 0.0471. The minimum Gasteiger partial charge on any atom is -0.396 e. The summed E-state index contributed by atoms with van der Waals surface area (Å²) in [5, 5.41) is 31.0. The zero-order chi connectivity index (χ0) is 16.5. The molecule has 1 spiro atoms.